The molecule has 0 radical (unpaired) electrons. The van der Waals surface area contributed by atoms with E-state index in [0.717, 1.165) is 6.04 Å². The molecule has 1 fully saturated rings. The highest BCUT2D eigenvalue weighted by Gasteiger charge is 2.33. The van der Waals surface area contributed by atoms with Gasteiger partial charge in [0.15, 0.2) is 0 Å². The van der Waals surface area contributed by atoms with Crippen LogP contribution in [0.5, 0.6) is 0 Å². The zero-order valence-corrected chi connectivity index (χ0v) is 18.1. The molecule has 0 aliphatic heterocycles. The Labute approximate surface area is 171 Å². The first-order valence-electron chi connectivity index (χ1n) is 10.8. The van der Waals surface area contributed by atoms with Gasteiger partial charge >= 0.3 is 0 Å². The lowest BCUT2D eigenvalue weighted by molar-refractivity contribution is 0.131. The molecule has 0 N–H and O–H groups in total. The molecule has 146 valence electrons. The topological polar surface area (TPSA) is 3.24 Å². The van der Waals surface area contributed by atoms with Crippen LogP contribution in [0.4, 0.5) is 0 Å². The van der Waals surface area contributed by atoms with E-state index in [1.54, 1.807) is 5.31 Å². The first-order valence-corrected chi connectivity index (χ1v) is 12.1. The van der Waals surface area contributed by atoms with E-state index in [2.05, 4.69) is 97.8 Å². The first kappa shape index (κ1) is 19.6. The lowest BCUT2D eigenvalue weighted by Crippen LogP contribution is -2.43. The third-order valence-electron chi connectivity index (χ3n) is 6.53. The van der Waals surface area contributed by atoms with Gasteiger partial charge in [0.2, 0.25) is 0 Å². The fourth-order valence-corrected chi connectivity index (χ4v) is 7.46. The van der Waals surface area contributed by atoms with Gasteiger partial charge in [0.1, 0.15) is 0 Å². The zero-order valence-electron chi connectivity index (χ0n) is 17.2. The molecule has 1 nitrogen and oxygen atoms in total. The molecule has 2 aromatic carbocycles. The summed E-state index contributed by atoms with van der Waals surface area (Å²) in [6.07, 6.45) is 14.1. The number of allylic oxidation sites excluding steroid dienone is 2. The molecule has 0 amide bonds. The normalized spacial score (nSPS) is 21.3. The van der Waals surface area contributed by atoms with Gasteiger partial charge in [-0.15, -0.1) is 0 Å². The fourth-order valence-electron chi connectivity index (χ4n) is 4.79. The van der Waals surface area contributed by atoms with Crippen molar-refractivity contribution in [2.24, 2.45) is 5.92 Å². The van der Waals surface area contributed by atoms with E-state index in [4.69, 9.17) is 0 Å². The summed E-state index contributed by atoms with van der Waals surface area (Å²) in [5.41, 5.74) is 0. The molecule has 28 heavy (non-hydrogen) atoms. The van der Waals surface area contributed by atoms with Gasteiger partial charge in [0.25, 0.3) is 0 Å². The predicted molar refractivity (Wildman–Crippen MR) is 124 cm³/mol. The molecular weight excluding hydrogens is 357 g/mol. The van der Waals surface area contributed by atoms with E-state index in [0.29, 0.717) is 12.0 Å². The minimum atomic E-state index is -0.494. The van der Waals surface area contributed by atoms with Crippen LogP contribution in [0.15, 0.2) is 84.2 Å². The van der Waals surface area contributed by atoms with Gasteiger partial charge in [-0.2, -0.15) is 0 Å². The minimum Gasteiger partial charge on any atom is -0.300 e. The summed E-state index contributed by atoms with van der Waals surface area (Å²) in [4.78, 5) is 2.68. The SMILES string of the molecule is C[C@H](C1C=CC=C1P(c1ccccc1)c1ccccc1)N(C)C1CCCCC1. The van der Waals surface area contributed by atoms with Gasteiger partial charge in [0, 0.05) is 18.0 Å². The van der Waals surface area contributed by atoms with Gasteiger partial charge in [-0.3, -0.25) is 4.90 Å². The number of nitrogens with zero attached hydrogens (tertiary/aromatic N) is 1. The Kier molecular flexibility index (Phi) is 6.45. The Morgan fingerprint density at radius 3 is 2.00 bits per heavy atom. The summed E-state index contributed by atoms with van der Waals surface area (Å²) >= 11 is 0. The summed E-state index contributed by atoms with van der Waals surface area (Å²) in [5.74, 6) is 0.499. The Morgan fingerprint density at radius 2 is 1.43 bits per heavy atom. The molecule has 2 heteroatoms. The summed E-state index contributed by atoms with van der Waals surface area (Å²) in [6, 6.07) is 23.5. The van der Waals surface area contributed by atoms with Crippen molar-refractivity contribution in [1.29, 1.82) is 0 Å². The standard InChI is InChI=1S/C26H32NP/c1-21(27(2)22-13-6-3-7-14-22)25-19-12-20-26(25)28(23-15-8-4-9-16-23)24-17-10-5-11-18-24/h4-5,8-12,15-22,25H,3,6-7,13-14H2,1-2H3/t21-,25?/m1/s1. The molecule has 1 unspecified atom stereocenters. The van der Waals surface area contributed by atoms with Crippen molar-refractivity contribution in [1.82, 2.24) is 4.90 Å². The summed E-state index contributed by atoms with van der Waals surface area (Å²) < 4.78 is 0. The highest BCUT2D eigenvalue weighted by atomic mass is 31.1. The van der Waals surface area contributed by atoms with Crippen molar-refractivity contribution < 1.29 is 0 Å². The Bertz CT molecular complexity index is 765. The maximum Gasteiger partial charge on any atom is 0.0185 e. The fraction of sp³-hybridized carbons (Fsp3) is 0.385. The van der Waals surface area contributed by atoms with Crippen LogP contribution in [-0.4, -0.2) is 24.0 Å². The molecule has 2 atom stereocenters. The number of benzene rings is 2. The molecule has 2 aliphatic rings. The largest absolute Gasteiger partial charge is 0.300 e. The third kappa shape index (κ3) is 4.17. The van der Waals surface area contributed by atoms with Crippen molar-refractivity contribution in [2.75, 3.05) is 7.05 Å². The molecule has 4 rings (SSSR count). The van der Waals surface area contributed by atoms with Crippen LogP contribution in [0.2, 0.25) is 0 Å². The Balaban J connectivity index is 1.63. The molecule has 2 aromatic rings. The maximum absolute atomic E-state index is 2.68. The lowest BCUT2D eigenvalue weighted by atomic mass is 9.91. The summed E-state index contributed by atoms with van der Waals surface area (Å²) in [5, 5.41) is 4.51. The van der Waals surface area contributed by atoms with Crippen molar-refractivity contribution in [2.45, 2.75) is 51.1 Å². The van der Waals surface area contributed by atoms with E-state index < -0.39 is 7.92 Å². The van der Waals surface area contributed by atoms with E-state index in [1.165, 1.54) is 42.7 Å². The highest BCUT2D eigenvalue weighted by molar-refractivity contribution is 7.76. The Morgan fingerprint density at radius 1 is 0.857 bits per heavy atom. The van der Waals surface area contributed by atoms with Gasteiger partial charge in [-0.25, -0.2) is 0 Å². The maximum atomic E-state index is 2.68. The average Bonchev–Trinajstić information content (AvgIpc) is 3.24. The molecule has 1 saturated carbocycles. The van der Waals surface area contributed by atoms with Crippen LogP contribution in [0, 0.1) is 5.92 Å². The van der Waals surface area contributed by atoms with Gasteiger partial charge in [-0.1, -0.05) is 98.2 Å². The van der Waals surface area contributed by atoms with Crippen LogP contribution >= 0.6 is 7.92 Å². The molecular formula is C26H32NP. The molecule has 0 aromatic heterocycles. The van der Waals surface area contributed by atoms with Crippen LogP contribution < -0.4 is 10.6 Å². The quantitative estimate of drug-likeness (QED) is 0.561. The van der Waals surface area contributed by atoms with E-state index in [1.807, 2.05) is 0 Å². The first-order chi connectivity index (χ1) is 13.8. The van der Waals surface area contributed by atoms with Crippen molar-refractivity contribution >= 4 is 18.5 Å². The summed E-state index contributed by atoms with van der Waals surface area (Å²) in [6.45, 7) is 2.44. The Hall–Kier alpha value is -1.69. The van der Waals surface area contributed by atoms with Crippen LogP contribution in [-0.2, 0) is 0 Å². The van der Waals surface area contributed by atoms with Crippen LogP contribution in [0.25, 0.3) is 0 Å². The molecule has 0 heterocycles. The van der Waals surface area contributed by atoms with E-state index >= 15 is 0 Å². The third-order valence-corrected chi connectivity index (χ3v) is 9.12. The van der Waals surface area contributed by atoms with Crippen molar-refractivity contribution in [3.63, 3.8) is 0 Å². The van der Waals surface area contributed by atoms with Crippen LogP contribution in [0.1, 0.15) is 39.0 Å². The second-order valence-electron chi connectivity index (χ2n) is 8.21. The summed E-state index contributed by atoms with van der Waals surface area (Å²) in [7, 11) is 1.86. The molecule has 2 aliphatic carbocycles. The second kappa shape index (κ2) is 9.21. The predicted octanol–water partition coefficient (Wildman–Crippen LogP) is 5.84. The van der Waals surface area contributed by atoms with E-state index in [9.17, 15) is 0 Å². The molecule has 0 saturated heterocycles. The smallest absolute Gasteiger partial charge is 0.0185 e. The number of hydrogen-bond donors (Lipinski definition) is 0. The highest BCUT2D eigenvalue weighted by Crippen LogP contribution is 2.50. The molecule has 0 spiro atoms. The van der Waals surface area contributed by atoms with Crippen molar-refractivity contribution in [3.05, 3.63) is 84.2 Å². The van der Waals surface area contributed by atoms with E-state index in [-0.39, 0.29) is 0 Å². The number of rotatable bonds is 6. The van der Waals surface area contributed by atoms with Gasteiger partial charge < -0.3 is 0 Å². The van der Waals surface area contributed by atoms with Gasteiger partial charge in [-0.05, 0) is 50.7 Å². The minimum absolute atomic E-state index is 0.494. The average molecular weight is 390 g/mol. The molecule has 0 bridgehead atoms. The lowest BCUT2D eigenvalue weighted by Gasteiger charge is -2.39. The van der Waals surface area contributed by atoms with Gasteiger partial charge in [0.05, 0.1) is 0 Å². The zero-order chi connectivity index (χ0) is 19.3. The van der Waals surface area contributed by atoms with Crippen molar-refractivity contribution in [3.8, 4) is 0 Å². The number of hydrogen-bond acceptors (Lipinski definition) is 1. The second-order valence-corrected chi connectivity index (χ2v) is 10.4. The monoisotopic (exact) mass is 389 g/mol. The van der Waals surface area contributed by atoms with Crippen LogP contribution in [0.3, 0.4) is 0 Å².